The number of ether oxygens (including phenoxy) is 1. The lowest BCUT2D eigenvalue weighted by Crippen LogP contribution is -2.62. The van der Waals surface area contributed by atoms with Gasteiger partial charge < -0.3 is 50.3 Å². The minimum atomic E-state index is -1.25. The van der Waals surface area contributed by atoms with Crippen LogP contribution in [0.25, 0.3) is 21.8 Å². The second kappa shape index (κ2) is 33.2. The highest BCUT2D eigenvalue weighted by Gasteiger charge is 2.53. The van der Waals surface area contributed by atoms with Crippen molar-refractivity contribution < 1.29 is 52.6 Å². The fourth-order valence-corrected chi connectivity index (χ4v) is 16.4. The number of likely N-dealkylation sites (tertiary alicyclic amines) is 5. The van der Waals surface area contributed by atoms with E-state index in [0.29, 0.717) is 103 Å². The minimum Gasteiger partial charge on any atom is -0.465 e. The molecule has 6 aliphatic heterocycles. The standard InChI is InChI=1S/C40H55N7O5.C38H50FN7O5/c1-26-9-11-27(12-10-26)20-29-22-34(36(48)42-23-28-13-14-33-30(21-28)24-43-45(33)6)47(25-29)38(50)35-32(37(49)44(5)31-15-17-41-18-16-31)8-7-19-46(35)39(51)52-40(2,3)4;1-25-6-8-26(9-7-25)19-28-21-33(35(47)40-22-27-10-11-32-29(20-27)23-41-43(32)3)46(24-28)37(49)34-31(5-4-15-45(34)38(50)51)36(48)42(2)30-12-16-44(17-13-30)18-14-39/h9-14,21,24,29,31-32,34-35,41H,7-8,15-20,22-23,25H2,1-6H3,(H,42,48);6-11,20,23,28,30-31,33-34H,4-5,12-19,21-22,24H2,1-3H3,(H,40,47)(H,50,51)/t29-,32+,34+,35-;28-,31+,33+,34-/m11/s1. The normalized spacial score (nSPS) is 22.9. The maximum Gasteiger partial charge on any atom is 0.410 e. The van der Waals surface area contributed by atoms with Gasteiger partial charge in [0, 0.05) is 110 Å². The van der Waals surface area contributed by atoms with E-state index in [9.17, 15) is 43.1 Å². The van der Waals surface area contributed by atoms with E-state index < -0.39 is 66.4 Å². The summed E-state index contributed by atoms with van der Waals surface area (Å²) >= 11 is 0. The zero-order valence-electron chi connectivity index (χ0n) is 61.4. The number of benzene rings is 4. The molecule has 103 heavy (non-hydrogen) atoms. The average Bonchev–Trinajstić information content (AvgIpc) is 1.76. The number of carbonyl (C=O) groups is 8. The van der Waals surface area contributed by atoms with Gasteiger partial charge in [-0.25, -0.2) is 14.0 Å². The molecule has 0 aliphatic carbocycles. The van der Waals surface area contributed by atoms with Gasteiger partial charge in [0.2, 0.25) is 35.4 Å². The van der Waals surface area contributed by atoms with Crippen molar-refractivity contribution in [2.75, 3.05) is 79.7 Å². The zero-order chi connectivity index (χ0) is 73.4. The first kappa shape index (κ1) is 75.2. The van der Waals surface area contributed by atoms with Gasteiger partial charge in [-0.3, -0.25) is 47.9 Å². The molecule has 554 valence electrons. The van der Waals surface area contributed by atoms with Gasteiger partial charge >= 0.3 is 12.2 Å². The highest BCUT2D eigenvalue weighted by molar-refractivity contribution is 5.97. The second-order valence-corrected chi connectivity index (χ2v) is 30.5. The van der Waals surface area contributed by atoms with Crippen molar-refractivity contribution in [1.29, 1.82) is 0 Å². The Morgan fingerprint density at radius 3 is 1.45 bits per heavy atom. The smallest absolute Gasteiger partial charge is 0.410 e. The Hall–Kier alpha value is -8.97. The minimum absolute atomic E-state index is 0.0132. The highest BCUT2D eigenvalue weighted by atomic mass is 19.1. The summed E-state index contributed by atoms with van der Waals surface area (Å²) in [6.07, 6.45) is 8.83. The summed E-state index contributed by atoms with van der Waals surface area (Å²) in [6.45, 7) is 14.0. The summed E-state index contributed by atoms with van der Waals surface area (Å²) in [5.41, 5.74) is 7.54. The molecule has 0 bridgehead atoms. The van der Waals surface area contributed by atoms with Gasteiger partial charge in [0.05, 0.1) is 35.3 Å². The Bertz CT molecular complexity index is 3990. The van der Waals surface area contributed by atoms with Gasteiger partial charge in [0.15, 0.2) is 0 Å². The maximum absolute atomic E-state index is 15.1. The number of amides is 8. The average molecular weight is 1420 g/mol. The van der Waals surface area contributed by atoms with E-state index in [2.05, 4.69) is 62.5 Å². The van der Waals surface area contributed by atoms with Crippen molar-refractivity contribution in [2.45, 2.75) is 167 Å². The summed E-state index contributed by atoms with van der Waals surface area (Å²) in [4.78, 5) is 124. The number of hydrogen-bond acceptors (Lipinski definition) is 13. The summed E-state index contributed by atoms with van der Waals surface area (Å²) in [5, 5.41) is 30.4. The third-order valence-corrected chi connectivity index (χ3v) is 22.1. The van der Waals surface area contributed by atoms with E-state index in [4.69, 9.17) is 4.74 Å². The van der Waals surface area contributed by atoms with E-state index in [1.807, 2.05) is 93.1 Å². The molecule has 25 heteroatoms. The topological polar surface area (TPSA) is 260 Å². The number of hydrogen-bond donors (Lipinski definition) is 4. The number of aryl methyl sites for hydroxylation is 4. The molecule has 8 heterocycles. The second-order valence-electron chi connectivity index (χ2n) is 30.5. The fraction of sp³-hybridized carbons (Fsp3) is 0.564. The van der Waals surface area contributed by atoms with Gasteiger partial charge in [-0.2, -0.15) is 10.2 Å². The summed E-state index contributed by atoms with van der Waals surface area (Å²) < 4.78 is 22.3. The summed E-state index contributed by atoms with van der Waals surface area (Å²) in [5.74, 6) is -3.46. The predicted molar refractivity (Wildman–Crippen MR) is 390 cm³/mol. The molecule has 6 aliphatic rings. The molecular formula is C78H105FN14O10. The maximum atomic E-state index is 15.1. The largest absolute Gasteiger partial charge is 0.465 e. The van der Waals surface area contributed by atoms with Crippen molar-refractivity contribution >= 4 is 69.4 Å². The molecule has 4 N–H and O–H groups in total. The van der Waals surface area contributed by atoms with E-state index in [1.165, 1.54) is 10.5 Å². The van der Waals surface area contributed by atoms with Crippen molar-refractivity contribution in [3.63, 3.8) is 0 Å². The van der Waals surface area contributed by atoms with Crippen molar-refractivity contribution in [1.82, 2.24) is 69.8 Å². The molecule has 0 radical (unpaired) electrons. The lowest BCUT2D eigenvalue weighted by molar-refractivity contribution is -0.152. The molecule has 6 aromatic rings. The number of rotatable bonds is 18. The Labute approximate surface area is 603 Å². The van der Waals surface area contributed by atoms with Crippen LogP contribution < -0.4 is 16.0 Å². The number of carbonyl (C=O) groups excluding carboxylic acids is 7. The number of piperidine rings is 4. The van der Waals surface area contributed by atoms with Crippen LogP contribution in [0.1, 0.15) is 118 Å². The van der Waals surface area contributed by atoms with Gasteiger partial charge in [0.1, 0.15) is 36.4 Å². The Morgan fingerprint density at radius 2 is 1.01 bits per heavy atom. The zero-order valence-corrected chi connectivity index (χ0v) is 61.4. The van der Waals surface area contributed by atoms with Crippen molar-refractivity contribution in [3.05, 3.63) is 131 Å². The molecule has 4 aromatic carbocycles. The summed E-state index contributed by atoms with van der Waals surface area (Å²) in [7, 11) is 7.31. The summed E-state index contributed by atoms with van der Waals surface area (Å²) in [6, 6.07) is 24.5. The number of aromatic nitrogens is 4. The molecule has 0 spiro atoms. The van der Waals surface area contributed by atoms with Crippen LogP contribution in [0.15, 0.2) is 97.3 Å². The van der Waals surface area contributed by atoms with Crippen LogP contribution in [0.2, 0.25) is 0 Å². The quantitative estimate of drug-likeness (QED) is 0.0641. The molecule has 6 fully saturated rings. The number of fused-ring (bicyclic) bond motifs is 2. The van der Waals surface area contributed by atoms with Crippen LogP contribution >= 0.6 is 0 Å². The van der Waals surface area contributed by atoms with Crippen LogP contribution in [0, 0.1) is 37.5 Å². The first-order chi connectivity index (χ1) is 49.3. The third kappa shape index (κ3) is 18.0. The molecule has 0 saturated carbocycles. The van der Waals surface area contributed by atoms with E-state index in [-0.39, 0.29) is 73.1 Å². The van der Waals surface area contributed by atoms with Crippen molar-refractivity contribution in [2.24, 2.45) is 37.8 Å². The first-order valence-corrected chi connectivity index (χ1v) is 36.9. The number of nitrogens with zero attached hydrogens (tertiary/aromatic N) is 11. The fourth-order valence-electron chi connectivity index (χ4n) is 16.4. The molecule has 2 aromatic heterocycles. The Kier molecular flexibility index (Phi) is 24.2. The van der Waals surface area contributed by atoms with Crippen LogP contribution in [-0.2, 0) is 73.5 Å². The van der Waals surface area contributed by atoms with E-state index in [1.54, 1.807) is 64.5 Å². The Balaban J connectivity index is 0.000000207. The first-order valence-electron chi connectivity index (χ1n) is 36.9. The predicted octanol–water partition coefficient (Wildman–Crippen LogP) is 7.79. The Morgan fingerprint density at radius 1 is 0.583 bits per heavy atom. The van der Waals surface area contributed by atoms with Crippen molar-refractivity contribution in [3.8, 4) is 0 Å². The molecule has 8 atom stereocenters. The number of carboxylic acid groups (broad SMARTS) is 1. The molecule has 8 amide bonds. The number of halogens is 1. The van der Waals surface area contributed by atoms with E-state index in [0.717, 1.165) is 80.5 Å². The molecule has 0 unspecified atom stereocenters. The SMILES string of the molecule is Cc1ccc(C[C@@H]2C[C@@H](C(=O)NCc3ccc4c(cnn4C)c3)N(C(=O)[C@H]3[C@@H](C(=O)N(C)C4CCN(CCF)CC4)CCCN3C(=O)O)C2)cc1.Cc1ccc(C[C@@H]2C[C@@H](C(=O)NCc3ccc4c(cnn4C)c3)N(C(=O)[C@H]3[C@@H](C(=O)N(C)C4CCNCC4)CCCN3C(=O)OC(C)(C)C)C2)cc1. The lowest BCUT2D eigenvalue weighted by atomic mass is 9.86. The molecule has 6 saturated heterocycles. The van der Waals surface area contributed by atoms with Gasteiger partial charge in [-0.1, -0.05) is 71.8 Å². The van der Waals surface area contributed by atoms with Crippen LogP contribution in [0.3, 0.4) is 0 Å². The molecule has 12 rings (SSSR count). The lowest BCUT2D eigenvalue weighted by Gasteiger charge is -2.44. The number of alkyl halides is 1. The number of nitrogens with one attached hydrogen (secondary N) is 3. The van der Waals surface area contributed by atoms with Gasteiger partial charge in [-0.05, 0) is 183 Å². The van der Waals surface area contributed by atoms with Gasteiger partial charge in [0.25, 0.3) is 0 Å². The van der Waals surface area contributed by atoms with Gasteiger partial charge in [-0.15, -0.1) is 0 Å². The van der Waals surface area contributed by atoms with Crippen LogP contribution in [0.5, 0.6) is 0 Å². The highest BCUT2D eigenvalue weighted by Crippen LogP contribution is 2.37. The van der Waals surface area contributed by atoms with E-state index >= 15 is 4.79 Å². The van der Waals surface area contributed by atoms with Crippen LogP contribution in [0.4, 0.5) is 14.0 Å². The molecule has 24 nitrogen and oxygen atoms in total. The van der Waals surface area contributed by atoms with Crippen LogP contribution in [-0.4, -0.2) is 228 Å². The molecular weight excluding hydrogens is 1310 g/mol. The monoisotopic (exact) mass is 1420 g/mol. The third-order valence-electron chi connectivity index (χ3n) is 22.1.